The smallest absolute Gasteiger partial charge is 0.336 e. The summed E-state index contributed by atoms with van der Waals surface area (Å²) < 4.78 is 0.583. The summed E-state index contributed by atoms with van der Waals surface area (Å²) in [6.07, 6.45) is 2.63. The second-order valence-electron chi connectivity index (χ2n) is 8.75. The molecule has 0 bridgehead atoms. The van der Waals surface area contributed by atoms with Crippen LogP contribution in [0.15, 0.2) is 36.4 Å². The number of hydrogen-bond acceptors (Lipinski definition) is 2. The highest BCUT2D eigenvalue weighted by Crippen LogP contribution is 2.45. The minimum absolute atomic E-state index is 0.0117. The van der Waals surface area contributed by atoms with E-state index in [0.717, 1.165) is 12.0 Å². The molecule has 0 aromatic heterocycles. The minimum atomic E-state index is -0.974. The van der Waals surface area contributed by atoms with Crippen molar-refractivity contribution < 1.29 is 14.7 Å². The molecule has 1 aliphatic rings. The number of Topliss-reactive ketones (excluding diaryl/α,β-unsaturated/α-hetero) is 1. The predicted molar refractivity (Wildman–Crippen MR) is 116 cm³/mol. The Hall–Kier alpha value is -1.69. The summed E-state index contributed by atoms with van der Waals surface area (Å²) in [7, 11) is 0. The fraction of sp³-hybridized carbons (Fsp3) is 0.391. The van der Waals surface area contributed by atoms with Crippen LogP contribution in [0.1, 0.15) is 77.9 Å². The maximum Gasteiger partial charge on any atom is 0.336 e. The number of fused-ring (bicyclic) bond motifs is 1. The molecule has 0 saturated carbocycles. The quantitative estimate of drug-likeness (QED) is 0.451. The zero-order valence-electron chi connectivity index (χ0n) is 16.2. The van der Waals surface area contributed by atoms with Crippen LogP contribution in [-0.2, 0) is 17.3 Å². The van der Waals surface area contributed by atoms with Gasteiger partial charge in [0.15, 0.2) is 5.78 Å². The van der Waals surface area contributed by atoms with Gasteiger partial charge in [0.05, 0.1) is 5.56 Å². The summed E-state index contributed by atoms with van der Waals surface area (Å²) in [5, 5.41) is 9.14. The van der Waals surface area contributed by atoms with Crippen LogP contribution in [0.3, 0.4) is 0 Å². The van der Waals surface area contributed by atoms with Gasteiger partial charge in [0, 0.05) is 15.6 Å². The molecule has 2 aromatic rings. The lowest BCUT2D eigenvalue weighted by atomic mass is 9.63. The van der Waals surface area contributed by atoms with E-state index in [9.17, 15) is 9.59 Å². The molecule has 4 heteroatoms. The SMILES string of the molecule is CC1(C)CCC(C)(C)c2cc(CC(=O)c3ccc(C(=O)O)c(I)c3)ccc21. The summed E-state index contributed by atoms with van der Waals surface area (Å²) in [5.74, 6) is -0.962. The normalized spacial score (nSPS) is 17.2. The molecule has 1 aliphatic carbocycles. The molecule has 0 unspecified atom stereocenters. The number of carbonyl (C=O) groups is 2. The van der Waals surface area contributed by atoms with E-state index in [1.807, 2.05) is 22.6 Å². The van der Waals surface area contributed by atoms with E-state index in [2.05, 4.69) is 45.9 Å². The Morgan fingerprint density at radius 3 is 2.19 bits per heavy atom. The van der Waals surface area contributed by atoms with Crippen LogP contribution >= 0.6 is 22.6 Å². The summed E-state index contributed by atoms with van der Waals surface area (Å²) in [4.78, 5) is 23.9. The first-order valence-corrected chi connectivity index (χ1v) is 10.3. The van der Waals surface area contributed by atoms with Gasteiger partial charge in [0.2, 0.25) is 0 Å². The van der Waals surface area contributed by atoms with E-state index < -0.39 is 5.97 Å². The summed E-state index contributed by atoms with van der Waals surface area (Å²) in [6, 6.07) is 11.2. The molecular formula is C23H25IO3. The molecule has 0 saturated heterocycles. The zero-order chi connectivity index (χ0) is 20.0. The largest absolute Gasteiger partial charge is 0.478 e. The van der Waals surface area contributed by atoms with Gasteiger partial charge in [-0.25, -0.2) is 4.79 Å². The molecular weight excluding hydrogens is 451 g/mol. The highest BCUT2D eigenvalue weighted by Gasteiger charge is 2.36. The number of ketones is 1. The van der Waals surface area contributed by atoms with Crippen molar-refractivity contribution in [3.05, 3.63) is 67.8 Å². The molecule has 2 aromatic carbocycles. The van der Waals surface area contributed by atoms with E-state index in [1.54, 1.807) is 12.1 Å². The molecule has 3 nitrogen and oxygen atoms in total. The third-order valence-corrected chi connectivity index (χ3v) is 6.70. The fourth-order valence-corrected chi connectivity index (χ4v) is 4.64. The lowest BCUT2D eigenvalue weighted by Gasteiger charge is -2.42. The van der Waals surface area contributed by atoms with Crippen molar-refractivity contribution in [3.8, 4) is 0 Å². The summed E-state index contributed by atoms with van der Waals surface area (Å²) >= 11 is 1.97. The second kappa shape index (κ2) is 7.04. The molecule has 0 aliphatic heterocycles. The number of carbonyl (C=O) groups excluding carboxylic acids is 1. The van der Waals surface area contributed by atoms with E-state index in [1.165, 1.54) is 23.6 Å². The Kier molecular flexibility index (Phi) is 5.23. The number of carboxylic acids is 1. The van der Waals surface area contributed by atoms with Crippen LogP contribution in [0.2, 0.25) is 0 Å². The maximum absolute atomic E-state index is 12.8. The standard InChI is InChI=1S/C23H25IO3/c1-22(2)9-10-23(3,4)18-11-14(5-8-17(18)22)12-20(25)15-6-7-16(21(26)27)19(24)13-15/h5-8,11,13H,9-10,12H2,1-4H3,(H,26,27). The molecule has 0 spiro atoms. The van der Waals surface area contributed by atoms with Crippen LogP contribution in [-0.4, -0.2) is 16.9 Å². The monoisotopic (exact) mass is 476 g/mol. The Balaban J connectivity index is 1.90. The highest BCUT2D eigenvalue weighted by molar-refractivity contribution is 14.1. The van der Waals surface area contributed by atoms with Crippen LogP contribution in [0.25, 0.3) is 0 Å². The van der Waals surface area contributed by atoms with Gasteiger partial charge in [-0.15, -0.1) is 0 Å². The van der Waals surface area contributed by atoms with Crippen LogP contribution in [0, 0.1) is 3.57 Å². The number of halogens is 1. The second-order valence-corrected chi connectivity index (χ2v) is 9.91. The molecule has 3 rings (SSSR count). The first-order valence-electron chi connectivity index (χ1n) is 9.21. The Morgan fingerprint density at radius 2 is 1.59 bits per heavy atom. The number of carboxylic acid groups (broad SMARTS) is 1. The first kappa shape index (κ1) is 20.1. The van der Waals surface area contributed by atoms with Gasteiger partial charge in [-0.05, 0) is 75.1 Å². The summed E-state index contributed by atoms with van der Waals surface area (Å²) in [6.45, 7) is 9.13. The number of rotatable bonds is 4. The van der Waals surface area contributed by atoms with Gasteiger partial charge in [-0.1, -0.05) is 52.0 Å². The van der Waals surface area contributed by atoms with Crippen molar-refractivity contribution in [1.82, 2.24) is 0 Å². The van der Waals surface area contributed by atoms with E-state index >= 15 is 0 Å². The molecule has 0 atom stereocenters. The number of benzene rings is 2. The molecule has 0 radical (unpaired) electrons. The Labute approximate surface area is 174 Å². The molecule has 27 heavy (non-hydrogen) atoms. The van der Waals surface area contributed by atoms with Crippen LogP contribution in [0.4, 0.5) is 0 Å². The minimum Gasteiger partial charge on any atom is -0.478 e. The van der Waals surface area contributed by atoms with Crippen molar-refractivity contribution >= 4 is 34.3 Å². The third-order valence-electron chi connectivity index (χ3n) is 5.80. The lowest BCUT2D eigenvalue weighted by Crippen LogP contribution is -2.33. The van der Waals surface area contributed by atoms with E-state index in [0.29, 0.717) is 15.6 Å². The van der Waals surface area contributed by atoms with Gasteiger partial charge >= 0.3 is 5.97 Å². The van der Waals surface area contributed by atoms with Gasteiger partial charge in [-0.2, -0.15) is 0 Å². The molecule has 1 N–H and O–H groups in total. The predicted octanol–water partition coefficient (Wildman–Crippen LogP) is 5.76. The number of hydrogen-bond donors (Lipinski definition) is 1. The van der Waals surface area contributed by atoms with Gasteiger partial charge in [-0.3, -0.25) is 4.79 Å². The maximum atomic E-state index is 12.8. The zero-order valence-corrected chi connectivity index (χ0v) is 18.4. The van der Waals surface area contributed by atoms with Crippen molar-refractivity contribution in [3.63, 3.8) is 0 Å². The van der Waals surface area contributed by atoms with E-state index in [-0.39, 0.29) is 22.2 Å². The molecule has 0 fully saturated rings. The lowest BCUT2D eigenvalue weighted by molar-refractivity contribution is 0.0695. The Bertz CT molecular complexity index is 925. The molecule has 0 heterocycles. The van der Waals surface area contributed by atoms with Crippen molar-refractivity contribution in [1.29, 1.82) is 0 Å². The average molecular weight is 476 g/mol. The van der Waals surface area contributed by atoms with Crippen molar-refractivity contribution in [2.24, 2.45) is 0 Å². The van der Waals surface area contributed by atoms with Gasteiger partial charge < -0.3 is 5.11 Å². The number of aromatic carboxylic acids is 1. The highest BCUT2D eigenvalue weighted by atomic mass is 127. The Morgan fingerprint density at radius 1 is 0.963 bits per heavy atom. The van der Waals surface area contributed by atoms with Crippen molar-refractivity contribution in [2.75, 3.05) is 0 Å². The fourth-order valence-electron chi connectivity index (χ4n) is 3.90. The first-order chi connectivity index (χ1) is 12.5. The van der Waals surface area contributed by atoms with Gasteiger partial charge in [0.25, 0.3) is 0 Å². The van der Waals surface area contributed by atoms with Crippen LogP contribution in [0.5, 0.6) is 0 Å². The van der Waals surface area contributed by atoms with Crippen LogP contribution < -0.4 is 0 Å². The molecule has 142 valence electrons. The topological polar surface area (TPSA) is 54.4 Å². The third kappa shape index (κ3) is 3.96. The van der Waals surface area contributed by atoms with Gasteiger partial charge in [0.1, 0.15) is 0 Å². The van der Waals surface area contributed by atoms with Crippen molar-refractivity contribution in [2.45, 2.75) is 57.8 Å². The summed E-state index contributed by atoms with van der Waals surface area (Å²) in [5.41, 5.74) is 4.81. The average Bonchev–Trinajstić information content (AvgIpc) is 2.58. The van der Waals surface area contributed by atoms with E-state index in [4.69, 9.17) is 5.11 Å². The molecule has 0 amide bonds.